The summed E-state index contributed by atoms with van der Waals surface area (Å²) in [4.78, 5) is 50.5. The maximum absolute atomic E-state index is 14.5. The Bertz CT molecular complexity index is 1610. The maximum Gasteiger partial charge on any atom is 0.341 e. The van der Waals surface area contributed by atoms with Gasteiger partial charge in [-0.25, -0.2) is 14.8 Å². The standard InChI is InChI=1S/C35H40N2O7S/c1-7-17-43-24-16-13-20(18-25(24)41-5)29-28-30(44-37(29)22-11-9-8-10-12-22)32(39)36(31(28)38)33-27(34(40)42-6)23-15-14-21(35(2,3)4)19-26(23)45-33/h8-13,16,18,21,28-30H,7,14-15,17,19H2,1-6H3/t21-,28-,29+,30+/m0/s1. The summed E-state index contributed by atoms with van der Waals surface area (Å²) in [6.07, 6.45) is 2.16. The molecule has 3 heterocycles. The summed E-state index contributed by atoms with van der Waals surface area (Å²) >= 11 is 1.36. The van der Waals surface area contributed by atoms with Crippen LogP contribution in [0.15, 0.2) is 48.5 Å². The largest absolute Gasteiger partial charge is 0.493 e. The average molecular weight is 633 g/mol. The summed E-state index contributed by atoms with van der Waals surface area (Å²) in [5, 5.41) is 1.98. The number of para-hydroxylation sites is 1. The van der Waals surface area contributed by atoms with Crippen LogP contribution in [0.25, 0.3) is 0 Å². The van der Waals surface area contributed by atoms with Crippen molar-refractivity contribution < 1.29 is 33.4 Å². The van der Waals surface area contributed by atoms with Gasteiger partial charge >= 0.3 is 5.97 Å². The number of carbonyl (C=O) groups is 3. The highest BCUT2D eigenvalue weighted by atomic mass is 32.1. The zero-order valence-electron chi connectivity index (χ0n) is 26.6. The average Bonchev–Trinajstić information content (AvgIpc) is 3.69. The molecule has 6 rings (SSSR count). The number of anilines is 2. The number of benzene rings is 2. The van der Waals surface area contributed by atoms with Gasteiger partial charge in [-0.15, -0.1) is 11.3 Å². The first-order chi connectivity index (χ1) is 21.6. The summed E-state index contributed by atoms with van der Waals surface area (Å²) in [6.45, 7) is 9.23. The van der Waals surface area contributed by atoms with Crippen molar-refractivity contribution in [2.24, 2.45) is 17.3 Å². The van der Waals surface area contributed by atoms with Crippen LogP contribution >= 0.6 is 11.3 Å². The number of amides is 2. The molecule has 238 valence electrons. The Hall–Kier alpha value is -3.89. The molecule has 9 nitrogen and oxygen atoms in total. The minimum atomic E-state index is -1.07. The number of hydroxylamine groups is 1. The molecule has 0 bridgehead atoms. The lowest BCUT2D eigenvalue weighted by Crippen LogP contribution is -2.37. The van der Waals surface area contributed by atoms with E-state index in [0.29, 0.717) is 46.7 Å². The van der Waals surface area contributed by atoms with Crippen molar-refractivity contribution in [2.75, 3.05) is 30.8 Å². The Morgan fingerprint density at radius 2 is 1.80 bits per heavy atom. The van der Waals surface area contributed by atoms with E-state index in [1.54, 1.807) is 12.2 Å². The molecule has 0 unspecified atom stereocenters. The fourth-order valence-corrected chi connectivity index (χ4v) is 8.16. The van der Waals surface area contributed by atoms with Gasteiger partial charge in [-0.3, -0.25) is 14.4 Å². The van der Waals surface area contributed by atoms with Gasteiger partial charge in [-0.2, -0.15) is 0 Å². The van der Waals surface area contributed by atoms with Crippen LogP contribution in [-0.4, -0.2) is 44.7 Å². The second-order valence-corrected chi connectivity index (χ2v) is 14.0. The highest BCUT2D eigenvalue weighted by molar-refractivity contribution is 7.17. The quantitative estimate of drug-likeness (QED) is 0.204. The van der Waals surface area contributed by atoms with Crippen LogP contribution in [0.3, 0.4) is 0 Å². The Labute approximate surface area is 268 Å². The van der Waals surface area contributed by atoms with Crippen molar-refractivity contribution in [3.05, 3.63) is 70.1 Å². The number of carbonyl (C=O) groups excluding carboxylic acids is 3. The molecule has 4 atom stereocenters. The fraction of sp³-hybridized carbons (Fsp3) is 0.457. The van der Waals surface area contributed by atoms with E-state index < -0.39 is 35.8 Å². The van der Waals surface area contributed by atoms with Gasteiger partial charge in [-0.05, 0) is 72.4 Å². The number of nitrogens with zero attached hydrogens (tertiary/aromatic N) is 2. The molecule has 1 aromatic heterocycles. The summed E-state index contributed by atoms with van der Waals surface area (Å²) in [6, 6.07) is 14.3. The highest BCUT2D eigenvalue weighted by Crippen LogP contribution is 2.52. The van der Waals surface area contributed by atoms with Gasteiger partial charge in [-0.1, -0.05) is 52.0 Å². The molecule has 2 fully saturated rings. The highest BCUT2D eigenvalue weighted by Gasteiger charge is 2.61. The predicted octanol–water partition coefficient (Wildman–Crippen LogP) is 6.53. The van der Waals surface area contributed by atoms with Gasteiger partial charge in [0.25, 0.3) is 5.91 Å². The molecule has 3 aliphatic rings. The monoisotopic (exact) mass is 632 g/mol. The topological polar surface area (TPSA) is 94.6 Å². The molecule has 1 aliphatic carbocycles. The summed E-state index contributed by atoms with van der Waals surface area (Å²) in [5.74, 6) is -0.756. The molecule has 45 heavy (non-hydrogen) atoms. The molecule has 2 aromatic carbocycles. The Balaban J connectivity index is 1.42. The van der Waals surface area contributed by atoms with E-state index >= 15 is 0 Å². The van der Waals surface area contributed by atoms with E-state index in [9.17, 15) is 14.4 Å². The molecule has 0 spiro atoms. The van der Waals surface area contributed by atoms with Gasteiger partial charge in [0.2, 0.25) is 5.91 Å². The van der Waals surface area contributed by atoms with Crippen molar-refractivity contribution in [3.8, 4) is 11.5 Å². The normalized spacial score (nSPS) is 22.8. The third-order valence-corrected chi connectivity index (χ3v) is 10.4. The number of fused-ring (bicyclic) bond motifs is 2. The van der Waals surface area contributed by atoms with Gasteiger partial charge < -0.3 is 14.2 Å². The van der Waals surface area contributed by atoms with Gasteiger partial charge in [0.15, 0.2) is 17.6 Å². The zero-order valence-corrected chi connectivity index (χ0v) is 27.4. The number of thiophene rings is 1. The van der Waals surface area contributed by atoms with Crippen molar-refractivity contribution in [2.45, 2.75) is 65.5 Å². The van der Waals surface area contributed by atoms with Crippen LogP contribution in [0.1, 0.15) is 72.9 Å². The molecule has 2 saturated heterocycles. The Kier molecular flexibility index (Phi) is 8.39. The van der Waals surface area contributed by atoms with Crippen LogP contribution < -0.4 is 19.4 Å². The fourth-order valence-electron chi connectivity index (χ4n) is 6.73. The van der Waals surface area contributed by atoms with E-state index in [-0.39, 0.29) is 5.41 Å². The summed E-state index contributed by atoms with van der Waals surface area (Å²) in [5.41, 5.74) is 2.74. The molecule has 0 radical (unpaired) electrons. The number of esters is 1. The van der Waals surface area contributed by atoms with Gasteiger partial charge in [0, 0.05) is 4.88 Å². The second-order valence-electron chi connectivity index (χ2n) is 12.9. The van der Waals surface area contributed by atoms with Crippen molar-refractivity contribution in [1.29, 1.82) is 0 Å². The molecule has 0 N–H and O–H groups in total. The van der Waals surface area contributed by atoms with E-state index in [0.717, 1.165) is 35.3 Å². The minimum absolute atomic E-state index is 0.0870. The first-order valence-electron chi connectivity index (χ1n) is 15.5. The lowest BCUT2D eigenvalue weighted by molar-refractivity contribution is -0.126. The molecular weight excluding hydrogens is 592 g/mol. The van der Waals surface area contributed by atoms with Gasteiger partial charge in [0.05, 0.1) is 38.1 Å². The Morgan fingerprint density at radius 3 is 2.47 bits per heavy atom. The number of imide groups is 1. The predicted molar refractivity (Wildman–Crippen MR) is 172 cm³/mol. The minimum Gasteiger partial charge on any atom is -0.493 e. The van der Waals surface area contributed by atoms with Crippen LogP contribution in [0, 0.1) is 17.3 Å². The lowest BCUT2D eigenvalue weighted by atomic mass is 9.72. The van der Waals surface area contributed by atoms with Crippen LogP contribution in [-0.2, 0) is 32.0 Å². The van der Waals surface area contributed by atoms with E-state index in [1.165, 1.54) is 23.3 Å². The Morgan fingerprint density at radius 1 is 1.04 bits per heavy atom. The first kappa shape index (κ1) is 31.1. The third-order valence-electron chi connectivity index (χ3n) is 9.18. The van der Waals surface area contributed by atoms with E-state index in [2.05, 4.69) is 20.8 Å². The lowest BCUT2D eigenvalue weighted by Gasteiger charge is -2.33. The number of hydrogen-bond acceptors (Lipinski definition) is 9. The van der Waals surface area contributed by atoms with Crippen molar-refractivity contribution in [1.82, 2.24) is 0 Å². The number of methoxy groups -OCH3 is 2. The van der Waals surface area contributed by atoms with Gasteiger partial charge in [0.1, 0.15) is 10.9 Å². The second kappa shape index (κ2) is 12.1. The third kappa shape index (κ3) is 5.37. The molecular formula is C35H40N2O7S. The zero-order chi connectivity index (χ0) is 32.0. The summed E-state index contributed by atoms with van der Waals surface area (Å²) < 4.78 is 16.8. The number of ether oxygens (including phenoxy) is 3. The van der Waals surface area contributed by atoms with Crippen LogP contribution in [0.4, 0.5) is 10.7 Å². The van der Waals surface area contributed by atoms with Crippen LogP contribution in [0.2, 0.25) is 0 Å². The molecule has 3 aromatic rings. The molecule has 2 amide bonds. The number of hydrogen-bond donors (Lipinski definition) is 0. The van der Waals surface area contributed by atoms with Crippen molar-refractivity contribution in [3.63, 3.8) is 0 Å². The SMILES string of the molecule is CCCOc1ccc([C@@H]2[C@@H]3C(=O)N(c4sc5c(c4C(=O)OC)CC[C@H](C(C)(C)C)C5)C(=O)[C@@H]3ON2c2ccccc2)cc1OC. The molecule has 0 saturated carbocycles. The smallest absolute Gasteiger partial charge is 0.341 e. The molecule has 2 aliphatic heterocycles. The first-order valence-corrected chi connectivity index (χ1v) is 16.3. The summed E-state index contributed by atoms with van der Waals surface area (Å²) in [7, 11) is 2.90. The van der Waals surface area contributed by atoms with Crippen LogP contribution in [0.5, 0.6) is 11.5 Å². The maximum atomic E-state index is 14.5. The van der Waals surface area contributed by atoms with E-state index in [4.69, 9.17) is 19.0 Å². The van der Waals surface area contributed by atoms with Crippen molar-refractivity contribution >= 4 is 39.8 Å². The molecule has 10 heteroatoms. The van der Waals surface area contributed by atoms with E-state index in [1.807, 2.05) is 55.5 Å². The number of rotatable bonds is 8.